The Labute approximate surface area is 166 Å². The molecule has 28 heavy (non-hydrogen) atoms. The Morgan fingerprint density at radius 1 is 1.00 bits per heavy atom. The second-order valence-corrected chi connectivity index (χ2v) is 6.80. The fraction of sp³-hybridized carbons (Fsp3) is 0.0909. The molecule has 0 aliphatic carbocycles. The van der Waals surface area contributed by atoms with Gasteiger partial charge in [0.15, 0.2) is 5.78 Å². The molecule has 3 aromatic rings. The monoisotopic (exact) mass is 394 g/mol. The number of hydrogen-bond acceptors (Lipinski definition) is 5. The maximum atomic E-state index is 12.5. The molecular weight excluding hydrogens is 376 g/mol. The molecule has 0 amide bonds. The van der Waals surface area contributed by atoms with E-state index in [1.807, 2.05) is 23.6 Å². The minimum atomic E-state index is -1.03. The Bertz CT molecular complexity index is 1020. The van der Waals surface area contributed by atoms with Crippen LogP contribution in [0.25, 0.3) is 16.5 Å². The number of carbonyl (C=O) groups excluding carboxylic acids is 1. The first-order valence-corrected chi connectivity index (χ1v) is 9.27. The molecule has 0 fully saturated rings. The summed E-state index contributed by atoms with van der Waals surface area (Å²) in [5.41, 5.74) is 2.21. The average Bonchev–Trinajstić information content (AvgIpc) is 3.26. The Morgan fingerprint density at radius 3 is 2.29 bits per heavy atom. The number of rotatable bonds is 7. The van der Waals surface area contributed by atoms with Crippen LogP contribution in [0.2, 0.25) is 0 Å². The second kappa shape index (κ2) is 8.54. The van der Waals surface area contributed by atoms with E-state index in [9.17, 15) is 9.59 Å². The van der Waals surface area contributed by atoms with Crippen molar-refractivity contribution in [3.05, 3.63) is 76.7 Å². The molecule has 0 saturated carbocycles. The molecule has 1 N–H and O–H groups in total. The van der Waals surface area contributed by atoms with Crippen molar-refractivity contribution in [1.29, 1.82) is 0 Å². The van der Waals surface area contributed by atoms with Gasteiger partial charge in [0.2, 0.25) is 0 Å². The summed E-state index contributed by atoms with van der Waals surface area (Å²) in [7, 11) is 3.16. The molecule has 6 heteroatoms. The zero-order chi connectivity index (χ0) is 20.1. The van der Waals surface area contributed by atoms with E-state index in [0.717, 1.165) is 16.0 Å². The zero-order valence-electron chi connectivity index (χ0n) is 15.3. The molecule has 0 atom stereocenters. The highest BCUT2D eigenvalue weighted by Crippen LogP contribution is 2.38. The van der Waals surface area contributed by atoms with E-state index in [4.69, 9.17) is 14.6 Å². The van der Waals surface area contributed by atoms with E-state index in [0.29, 0.717) is 17.1 Å². The van der Waals surface area contributed by atoms with Crippen molar-refractivity contribution in [2.45, 2.75) is 0 Å². The van der Waals surface area contributed by atoms with Crippen LogP contribution in [0.15, 0.2) is 60.0 Å². The molecule has 0 aliphatic rings. The topological polar surface area (TPSA) is 72.8 Å². The lowest BCUT2D eigenvalue weighted by Gasteiger charge is -2.13. The van der Waals surface area contributed by atoms with E-state index < -0.39 is 5.97 Å². The van der Waals surface area contributed by atoms with Crippen LogP contribution in [0, 0.1) is 0 Å². The molecule has 0 bridgehead atoms. The van der Waals surface area contributed by atoms with E-state index >= 15 is 0 Å². The quantitative estimate of drug-likeness (QED) is 0.450. The van der Waals surface area contributed by atoms with E-state index in [1.54, 1.807) is 37.7 Å². The maximum absolute atomic E-state index is 12.5. The van der Waals surface area contributed by atoms with Crippen LogP contribution >= 0.6 is 11.3 Å². The first kappa shape index (κ1) is 19.4. The highest BCUT2D eigenvalue weighted by Gasteiger charge is 2.14. The Hall–Kier alpha value is -3.38. The first-order valence-electron chi connectivity index (χ1n) is 8.39. The van der Waals surface area contributed by atoms with Crippen molar-refractivity contribution in [2.24, 2.45) is 0 Å². The van der Waals surface area contributed by atoms with E-state index in [-0.39, 0.29) is 11.3 Å². The number of ketones is 1. The van der Waals surface area contributed by atoms with E-state index in [2.05, 4.69) is 0 Å². The molecule has 0 spiro atoms. The molecule has 2 aromatic carbocycles. The molecule has 0 unspecified atom stereocenters. The number of thiophene rings is 1. The van der Waals surface area contributed by atoms with Gasteiger partial charge in [0.1, 0.15) is 11.5 Å². The molecule has 3 rings (SSSR count). The van der Waals surface area contributed by atoms with Crippen LogP contribution in [-0.4, -0.2) is 31.1 Å². The summed E-state index contributed by atoms with van der Waals surface area (Å²) in [6.07, 6.45) is 3.16. The molecule has 1 aromatic heterocycles. The molecule has 0 aliphatic heterocycles. The van der Waals surface area contributed by atoms with Crippen molar-refractivity contribution in [2.75, 3.05) is 14.2 Å². The average molecular weight is 394 g/mol. The lowest BCUT2D eigenvalue weighted by atomic mass is 10.0. The van der Waals surface area contributed by atoms with Gasteiger partial charge < -0.3 is 14.6 Å². The molecular formula is C22H18O5S. The fourth-order valence-electron chi connectivity index (χ4n) is 2.73. The van der Waals surface area contributed by atoms with Crippen molar-refractivity contribution in [3.63, 3.8) is 0 Å². The number of carbonyl (C=O) groups is 2. The van der Waals surface area contributed by atoms with Gasteiger partial charge in [-0.05, 0) is 41.8 Å². The van der Waals surface area contributed by atoms with Gasteiger partial charge in [-0.3, -0.25) is 4.79 Å². The van der Waals surface area contributed by atoms with Crippen LogP contribution in [-0.2, 0) is 0 Å². The molecule has 0 saturated heterocycles. The number of carboxylic acid groups (broad SMARTS) is 1. The van der Waals surface area contributed by atoms with Crippen LogP contribution in [0.5, 0.6) is 11.5 Å². The van der Waals surface area contributed by atoms with Crippen molar-refractivity contribution < 1.29 is 24.2 Å². The molecule has 5 nitrogen and oxygen atoms in total. The summed E-state index contributed by atoms with van der Waals surface area (Å²) >= 11 is 1.58. The summed E-state index contributed by atoms with van der Waals surface area (Å²) in [5.74, 6) is -0.00829. The highest BCUT2D eigenvalue weighted by atomic mass is 32.1. The smallest absolute Gasteiger partial charge is 0.335 e. The SMILES string of the molecule is COc1cc(OC)c(/C=C/C(=O)c2ccc(C(=O)O)cc2)c(-c2cccs2)c1. The van der Waals surface area contributed by atoms with Gasteiger partial charge in [0.05, 0.1) is 19.8 Å². The third kappa shape index (κ3) is 4.13. The number of methoxy groups -OCH3 is 2. The van der Waals surface area contributed by atoms with Crippen molar-refractivity contribution in [1.82, 2.24) is 0 Å². The summed E-state index contributed by atoms with van der Waals surface area (Å²) in [6.45, 7) is 0. The molecule has 1 heterocycles. The molecule has 0 radical (unpaired) electrons. The third-order valence-electron chi connectivity index (χ3n) is 4.18. The number of aromatic carboxylic acids is 1. The van der Waals surface area contributed by atoms with Gasteiger partial charge in [-0.1, -0.05) is 18.2 Å². The van der Waals surface area contributed by atoms with Crippen LogP contribution in [0.4, 0.5) is 0 Å². The Balaban J connectivity index is 1.98. The maximum Gasteiger partial charge on any atom is 0.335 e. The van der Waals surface area contributed by atoms with Crippen LogP contribution < -0.4 is 9.47 Å². The Kier molecular flexibility index (Phi) is 5.91. The minimum Gasteiger partial charge on any atom is -0.497 e. The summed E-state index contributed by atoms with van der Waals surface area (Å²) in [5, 5.41) is 10.9. The lowest BCUT2D eigenvalue weighted by Crippen LogP contribution is -1.99. The van der Waals surface area contributed by atoms with Crippen molar-refractivity contribution in [3.8, 4) is 21.9 Å². The zero-order valence-corrected chi connectivity index (χ0v) is 16.2. The minimum absolute atomic E-state index is 0.136. The number of carboxylic acids is 1. The normalized spacial score (nSPS) is 10.8. The van der Waals surface area contributed by atoms with Gasteiger partial charge >= 0.3 is 5.97 Å². The second-order valence-electron chi connectivity index (χ2n) is 5.85. The first-order chi connectivity index (χ1) is 13.5. The van der Waals surface area contributed by atoms with Gasteiger partial charge in [-0.25, -0.2) is 4.79 Å². The summed E-state index contributed by atoms with van der Waals surface area (Å²) in [6, 6.07) is 13.4. The number of benzene rings is 2. The Morgan fingerprint density at radius 2 is 1.71 bits per heavy atom. The number of hydrogen-bond donors (Lipinski definition) is 1. The van der Waals surface area contributed by atoms with Crippen molar-refractivity contribution >= 4 is 29.2 Å². The van der Waals surface area contributed by atoms with Gasteiger partial charge in [-0.15, -0.1) is 11.3 Å². The van der Waals surface area contributed by atoms with Gasteiger partial charge in [-0.2, -0.15) is 0 Å². The third-order valence-corrected chi connectivity index (χ3v) is 5.08. The molecule has 142 valence electrons. The number of ether oxygens (including phenoxy) is 2. The van der Waals surface area contributed by atoms with Crippen LogP contribution in [0.1, 0.15) is 26.3 Å². The highest BCUT2D eigenvalue weighted by molar-refractivity contribution is 7.13. The van der Waals surface area contributed by atoms with Gasteiger partial charge in [0.25, 0.3) is 0 Å². The summed E-state index contributed by atoms with van der Waals surface area (Å²) < 4.78 is 10.9. The lowest BCUT2D eigenvalue weighted by molar-refractivity contribution is 0.0696. The predicted octanol–water partition coefficient (Wildman–Crippen LogP) is 5.03. The number of allylic oxidation sites excluding steroid dienone is 1. The largest absolute Gasteiger partial charge is 0.497 e. The predicted molar refractivity (Wildman–Crippen MR) is 110 cm³/mol. The van der Waals surface area contributed by atoms with Crippen LogP contribution in [0.3, 0.4) is 0 Å². The standard InChI is InChI=1S/C22H18O5S/c1-26-16-12-18(21-4-3-11-28-21)17(20(13-16)27-2)9-10-19(23)14-5-7-15(8-6-14)22(24)25/h3-13H,1-2H3,(H,24,25)/b10-9+. The van der Waals surface area contributed by atoms with Gasteiger partial charge in [0, 0.05) is 27.6 Å². The fourth-order valence-corrected chi connectivity index (χ4v) is 3.48. The summed E-state index contributed by atoms with van der Waals surface area (Å²) in [4.78, 5) is 24.5. The van der Waals surface area contributed by atoms with E-state index in [1.165, 1.54) is 30.3 Å².